The van der Waals surface area contributed by atoms with Crippen molar-refractivity contribution in [3.8, 4) is 28.3 Å². The summed E-state index contributed by atoms with van der Waals surface area (Å²) in [5.41, 5.74) is 8.39. The number of halogens is 1. The second kappa shape index (κ2) is 9.23. The topological polar surface area (TPSA) is 132 Å². The van der Waals surface area contributed by atoms with Crippen LogP contribution in [0.2, 0.25) is 5.02 Å². The number of nitrogens with one attached hydrogen (secondary N) is 2. The summed E-state index contributed by atoms with van der Waals surface area (Å²) in [5.74, 6) is 0.0512. The Bertz CT molecular complexity index is 1550. The number of phenols is 1. The molecule has 11 heteroatoms. The highest BCUT2D eigenvalue weighted by Crippen LogP contribution is 2.40. The van der Waals surface area contributed by atoms with E-state index in [0.717, 1.165) is 11.1 Å². The van der Waals surface area contributed by atoms with Crippen molar-refractivity contribution in [2.45, 2.75) is 20.8 Å². The van der Waals surface area contributed by atoms with E-state index in [-0.39, 0.29) is 17.4 Å². The Balaban J connectivity index is 1.40. The fourth-order valence-electron chi connectivity index (χ4n) is 3.79. The average molecular weight is 501 g/mol. The number of carbonyl (C=O) groups excluding carboxylic acids is 1. The van der Waals surface area contributed by atoms with Gasteiger partial charge >= 0.3 is 5.91 Å². The van der Waals surface area contributed by atoms with E-state index < -0.39 is 0 Å². The molecule has 180 valence electrons. The first-order valence-electron chi connectivity index (χ1n) is 11.0. The minimum atomic E-state index is -0.362. The van der Waals surface area contributed by atoms with E-state index >= 15 is 0 Å². The third kappa shape index (κ3) is 4.18. The summed E-state index contributed by atoms with van der Waals surface area (Å²) in [6, 6.07) is 16.1. The number of benzene rings is 3. The normalized spacial score (nSPS) is 14.4. The maximum atomic E-state index is 13.0. The molecule has 0 fully saturated rings. The van der Waals surface area contributed by atoms with Gasteiger partial charge in [-0.1, -0.05) is 41.9 Å². The number of anilines is 2. The lowest BCUT2D eigenvalue weighted by molar-refractivity contribution is -0.112. The molecule has 0 saturated heterocycles. The fraction of sp³-hybridized carbons (Fsp3) is 0.120. The number of hydrazone groups is 2. The molecule has 36 heavy (non-hydrogen) atoms. The monoisotopic (exact) mass is 500 g/mol. The van der Waals surface area contributed by atoms with E-state index in [0.29, 0.717) is 44.6 Å². The maximum absolute atomic E-state index is 13.0. The van der Waals surface area contributed by atoms with Gasteiger partial charge in [-0.25, -0.2) is 5.10 Å². The van der Waals surface area contributed by atoms with Gasteiger partial charge in [0.15, 0.2) is 11.5 Å². The van der Waals surface area contributed by atoms with Gasteiger partial charge in [-0.05, 0) is 66.6 Å². The molecule has 0 atom stereocenters. The zero-order chi connectivity index (χ0) is 25.4. The minimum absolute atomic E-state index is 0.0658. The number of aryl methyl sites for hydroxylation is 2. The minimum Gasteiger partial charge on any atom is -0.505 e. The molecule has 0 aliphatic carbocycles. The molecular formula is C25H21ClN8O2. The summed E-state index contributed by atoms with van der Waals surface area (Å²) in [7, 11) is 0. The van der Waals surface area contributed by atoms with Crippen LogP contribution in [-0.2, 0) is 4.79 Å². The van der Waals surface area contributed by atoms with E-state index in [1.807, 2.05) is 32.0 Å². The lowest BCUT2D eigenvalue weighted by Crippen LogP contribution is -2.28. The quantitative estimate of drug-likeness (QED) is 0.269. The van der Waals surface area contributed by atoms with E-state index in [9.17, 15) is 9.90 Å². The van der Waals surface area contributed by atoms with Gasteiger partial charge in [0.05, 0.1) is 17.1 Å². The molecule has 3 aromatic carbocycles. The number of rotatable bonds is 5. The number of para-hydroxylation sites is 1. The Morgan fingerprint density at radius 3 is 2.58 bits per heavy atom. The summed E-state index contributed by atoms with van der Waals surface area (Å²) >= 11 is 6.51. The van der Waals surface area contributed by atoms with Crippen molar-refractivity contribution in [1.29, 1.82) is 0 Å². The summed E-state index contributed by atoms with van der Waals surface area (Å²) in [6.07, 6.45) is 0. The molecule has 0 spiro atoms. The molecule has 0 unspecified atom stereocenters. The number of nitrogens with zero attached hydrogens (tertiary/aromatic N) is 6. The molecular weight excluding hydrogens is 480 g/mol. The van der Waals surface area contributed by atoms with Crippen LogP contribution >= 0.6 is 11.6 Å². The molecule has 1 amide bonds. The van der Waals surface area contributed by atoms with Gasteiger partial charge in [0.1, 0.15) is 5.75 Å². The third-order valence-electron chi connectivity index (χ3n) is 5.92. The number of hydrogen-bond acceptors (Lipinski definition) is 8. The van der Waals surface area contributed by atoms with Crippen molar-refractivity contribution in [1.82, 2.24) is 20.6 Å². The first kappa shape index (κ1) is 23.2. The van der Waals surface area contributed by atoms with Crippen LogP contribution < -0.4 is 10.4 Å². The van der Waals surface area contributed by atoms with E-state index in [2.05, 4.69) is 36.3 Å². The van der Waals surface area contributed by atoms with Crippen LogP contribution in [0.3, 0.4) is 0 Å². The molecule has 1 aliphatic rings. The van der Waals surface area contributed by atoms with Gasteiger partial charge in [-0.3, -0.25) is 10.2 Å². The number of aromatic nitrogens is 4. The predicted molar refractivity (Wildman–Crippen MR) is 139 cm³/mol. The van der Waals surface area contributed by atoms with Gasteiger partial charge in [0.25, 0.3) is 0 Å². The summed E-state index contributed by atoms with van der Waals surface area (Å²) < 4.78 is 0. The second-order valence-electron chi connectivity index (χ2n) is 8.29. The highest BCUT2D eigenvalue weighted by molar-refractivity contribution is 6.71. The average Bonchev–Trinajstić information content (AvgIpc) is 3.49. The number of aromatic hydroxyl groups is 1. The van der Waals surface area contributed by atoms with Crippen molar-refractivity contribution < 1.29 is 9.90 Å². The van der Waals surface area contributed by atoms with Gasteiger partial charge < -0.3 is 5.11 Å². The number of carbonyl (C=O) groups is 1. The lowest BCUT2D eigenvalue weighted by Gasteiger charge is -2.13. The van der Waals surface area contributed by atoms with Crippen LogP contribution in [-0.4, -0.2) is 43.1 Å². The molecule has 2 heterocycles. The molecule has 0 bridgehead atoms. The van der Waals surface area contributed by atoms with Crippen LogP contribution in [0.4, 0.5) is 11.4 Å². The van der Waals surface area contributed by atoms with E-state index in [1.54, 1.807) is 43.3 Å². The van der Waals surface area contributed by atoms with Crippen LogP contribution in [0.1, 0.15) is 18.1 Å². The largest absolute Gasteiger partial charge is 0.505 e. The standard InChI is InChI=1S/C25H21ClN8O2/c1-13-7-9-17(11-14(13)2)34-25(36)22(15(3)31-34)28-27-21-6-4-5-19(23(21)35)18-10-8-16(12-20(18)26)24-29-32-33-30-24/h4-12,27,35H,1-3H3,(H,29,30,32,33). The molecule has 0 radical (unpaired) electrons. The Morgan fingerprint density at radius 1 is 1.03 bits per heavy atom. The third-order valence-corrected chi connectivity index (χ3v) is 6.24. The Kier molecular flexibility index (Phi) is 5.95. The number of phenolic OH excluding ortho intramolecular Hbond substituents is 1. The molecule has 3 N–H and O–H groups in total. The number of aromatic amines is 1. The zero-order valence-corrected chi connectivity index (χ0v) is 20.4. The first-order chi connectivity index (χ1) is 17.3. The molecule has 4 aromatic rings. The lowest BCUT2D eigenvalue weighted by atomic mass is 10.0. The predicted octanol–water partition coefficient (Wildman–Crippen LogP) is 4.70. The smallest absolute Gasteiger partial charge is 0.301 e. The van der Waals surface area contributed by atoms with E-state index in [4.69, 9.17) is 11.6 Å². The number of tetrazole rings is 1. The van der Waals surface area contributed by atoms with Crippen LogP contribution in [0.25, 0.3) is 22.5 Å². The van der Waals surface area contributed by atoms with E-state index in [1.165, 1.54) is 5.01 Å². The Morgan fingerprint density at radius 2 is 1.86 bits per heavy atom. The summed E-state index contributed by atoms with van der Waals surface area (Å²) in [6.45, 7) is 5.70. The van der Waals surface area contributed by atoms with Crippen LogP contribution in [0.15, 0.2) is 64.8 Å². The number of hydrogen-bond donors (Lipinski definition) is 3. The van der Waals surface area contributed by atoms with Gasteiger partial charge in [-0.15, -0.1) is 5.10 Å². The van der Waals surface area contributed by atoms with Gasteiger partial charge in [-0.2, -0.15) is 15.2 Å². The summed E-state index contributed by atoms with van der Waals surface area (Å²) in [5, 5.41) is 35.0. The molecule has 1 aliphatic heterocycles. The molecule has 1 aromatic heterocycles. The SMILES string of the molecule is CC1=NN(c2ccc(C)c(C)c2)C(=O)C1=NNc1cccc(-c2ccc(-c3nnn[nH]3)cc2Cl)c1O. The highest BCUT2D eigenvalue weighted by atomic mass is 35.5. The summed E-state index contributed by atoms with van der Waals surface area (Å²) in [4.78, 5) is 13.0. The highest BCUT2D eigenvalue weighted by Gasteiger charge is 2.31. The molecule has 5 rings (SSSR count). The van der Waals surface area contributed by atoms with Crippen molar-refractivity contribution in [2.24, 2.45) is 10.2 Å². The zero-order valence-electron chi connectivity index (χ0n) is 19.6. The second-order valence-corrected chi connectivity index (χ2v) is 8.70. The van der Waals surface area contributed by atoms with Crippen molar-refractivity contribution in [3.63, 3.8) is 0 Å². The van der Waals surface area contributed by atoms with Crippen molar-refractivity contribution >= 4 is 40.3 Å². The molecule has 0 saturated carbocycles. The van der Waals surface area contributed by atoms with Crippen LogP contribution in [0.5, 0.6) is 5.75 Å². The van der Waals surface area contributed by atoms with Gasteiger partial charge in [0, 0.05) is 21.7 Å². The van der Waals surface area contributed by atoms with Crippen molar-refractivity contribution in [2.75, 3.05) is 10.4 Å². The Hall–Kier alpha value is -4.57. The first-order valence-corrected chi connectivity index (χ1v) is 11.4. The maximum Gasteiger partial charge on any atom is 0.301 e. The molecule has 10 nitrogen and oxygen atoms in total. The number of amides is 1. The Labute approximate surface area is 211 Å². The van der Waals surface area contributed by atoms with Crippen molar-refractivity contribution in [3.05, 3.63) is 70.7 Å². The van der Waals surface area contributed by atoms with Crippen LogP contribution in [0, 0.1) is 13.8 Å². The van der Waals surface area contributed by atoms with Gasteiger partial charge in [0.2, 0.25) is 0 Å². The fourth-order valence-corrected chi connectivity index (χ4v) is 4.07. The number of H-pyrrole nitrogens is 1.